The van der Waals surface area contributed by atoms with E-state index in [1.54, 1.807) is 23.5 Å². The number of hydrogen-bond acceptors (Lipinski definition) is 5. The molecule has 0 fully saturated rings. The summed E-state index contributed by atoms with van der Waals surface area (Å²) < 4.78 is 0. The van der Waals surface area contributed by atoms with E-state index in [0.29, 0.717) is 23.7 Å². The molecule has 3 rings (SSSR count). The average Bonchev–Trinajstić information content (AvgIpc) is 3.23. The Morgan fingerprint density at radius 1 is 1.17 bits per heavy atom. The number of amides is 1. The van der Waals surface area contributed by atoms with Crippen molar-refractivity contribution in [3.63, 3.8) is 0 Å². The Kier molecular flexibility index (Phi) is 7.21. The van der Waals surface area contributed by atoms with Crippen LogP contribution in [-0.4, -0.2) is 35.1 Å². The van der Waals surface area contributed by atoms with Gasteiger partial charge in [-0.25, -0.2) is 4.98 Å². The number of aromatic nitrogens is 1. The summed E-state index contributed by atoms with van der Waals surface area (Å²) in [5, 5.41) is 14.6. The third kappa shape index (κ3) is 5.68. The predicted molar refractivity (Wildman–Crippen MR) is 120 cm³/mol. The van der Waals surface area contributed by atoms with Crippen molar-refractivity contribution in [2.75, 3.05) is 18.0 Å². The number of carbonyl (C=O) groups is 2. The van der Waals surface area contributed by atoms with Crippen molar-refractivity contribution in [3.8, 4) is 11.3 Å². The van der Waals surface area contributed by atoms with Gasteiger partial charge in [0, 0.05) is 34.6 Å². The summed E-state index contributed by atoms with van der Waals surface area (Å²) in [7, 11) is 0. The molecule has 0 aliphatic rings. The zero-order chi connectivity index (χ0) is 21.5. The molecule has 3 aromatic rings. The summed E-state index contributed by atoms with van der Waals surface area (Å²) in [5.41, 5.74) is 3.28. The Bertz CT molecular complexity index is 1030. The molecule has 2 N–H and O–H groups in total. The molecule has 0 unspecified atom stereocenters. The van der Waals surface area contributed by atoms with E-state index in [1.165, 1.54) is 0 Å². The van der Waals surface area contributed by atoms with Crippen LogP contribution in [0.4, 0.5) is 5.13 Å². The second-order valence-corrected chi connectivity index (χ2v) is 7.74. The molecule has 8 heteroatoms. The molecule has 0 spiro atoms. The summed E-state index contributed by atoms with van der Waals surface area (Å²) in [5.74, 6) is -1.50. The number of thiazole rings is 1. The van der Waals surface area contributed by atoms with Crippen LogP contribution in [0.3, 0.4) is 0 Å². The van der Waals surface area contributed by atoms with Gasteiger partial charge in [0.15, 0.2) is 5.13 Å². The minimum Gasteiger partial charge on any atom is -0.480 e. The molecule has 30 heavy (non-hydrogen) atoms. The molecule has 0 bridgehead atoms. The Morgan fingerprint density at radius 2 is 1.87 bits per heavy atom. The molecule has 0 atom stereocenters. The van der Waals surface area contributed by atoms with Gasteiger partial charge < -0.3 is 15.3 Å². The molecular weight excluding hydrogens is 422 g/mol. The van der Waals surface area contributed by atoms with Crippen LogP contribution in [0.5, 0.6) is 0 Å². The summed E-state index contributed by atoms with van der Waals surface area (Å²) >= 11 is 7.51. The van der Waals surface area contributed by atoms with Crippen LogP contribution in [0.2, 0.25) is 5.02 Å². The number of carboxylic acids is 1. The van der Waals surface area contributed by atoms with Gasteiger partial charge in [-0.05, 0) is 29.8 Å². The molecule has 6 nitrogen and oxygen atoms in total. The lowest BCUT2D eigenvalue weighted by Gasteiger charge is -2.20. The molecule has 1 heterocycles. The fourth-order valence-corrected chi connectivity index (χ4v) is 3.74. The molecular formula is C22H20ClN3O3S. The van der Waals surface area contributed by atoms with E-state index in [2.05, 4.69) is 16.8 Å². The number of carboxylic acid groups (broad SMARTS) is 1. The van der Waals surface area contributed by atoms with Gasteiger partial charge in [-0.2, -0.15) is 0 Å². The van der Waals surface area contributed by atoms with Crippen molar-refractivity contribution in [1.82, 2.24) is 10.3 Å². The molecule has 1 amide bonds. The van der Waals surface area contributed by atoms with Gasteiger partial charge in [-0.1, -0.05) is 41.9 Å². The molecule has 0 saturated carbocycles. The summed E-state index contributed by atoms with van der Waals surface area (Å²) in [6, 6.07) is 14.6. The van der Waals surface area contributed by atoms with Crippen LogP contribution in [0.1, 0.15) is 15.9 Å². The lowest BCUT2D eigenvalue weighted by Crippen LogP contribution is -2.29. The van der Waals surface area contributed by atoms with Crippen LogP contribution in [0.15, 0.2) is 66.6 Å². The number of rotatable bonds is 9. The SMILES string of the molecule is C=CCN(Cc1ccc(C(=O)NCC(=O)O)cc1)c1nc(-c2ccc(Cl)cc2)cs1. The normalized spacial score (nSPS) is 10.4. The number of hydrogen-bond donors (Lipinski definition) is 2. The molecule has 0 aliphatic heterocycles. The summed E-state index contributed by atoms with van der Waals surface area (Å²) in [6.45, 7) is 4.64. The van der Waals surface area contributed by atoms with E-state index in [1.807, 2.05) is 47.9 Å². The van der Waals surface area contributed by atoms with Crippen LogP contribution >= 0.6 is 22.9 Å². The number of nitrogens with zero attached hydrogens (tertiary/aromatic N) is 2. The Labute approximate surface area is 183 Å². The first-order chi connectivity index (χ1) is 14.5. The minimum absolute atomic E-state index is 0.409. The zero-order valence-electron chi connectivity index (χ0n) is 16.0. The molecule has 0 aliphatic carbocycles. The number of aliphatic carboxylic acids is 1. The van der Waals surface area contributed by atoms with Crippen LogP contribution in [-0.2, 0) is 11.3 Å². The van der Waals surface area contributed by atoms with Crippen LogP contribution in [0.25, 0.3) is 11.3 Å². The highest BCUT2D eigenvalue weighted by Crippen LogP contribution is 2.29. The van der Waals surface area contributed by atoms with E-state index in [4.69, 9.17) is 21.7 Å². The summed E-state index contributed by atoms with van der Waals surface area (Å²) in [4.78, 5) is 29.4. The Balaban J connectivity index is 1.71. The Hall–Kier alpha value is -3.16. The fraction of sp³-hybridized carbons (Fsp3) is 0.136. The first kappa shape index (κ1) is 21.5. The second-order valence-electron chi connectivity index (χ2n) is 6.46. The van der Waals surface area contributed by atoms with Crippen molar-refractivity contribution in [1.29, 1.82) is 0 Å². The van der Waals surface area contributed by atoms with Gasteiger partial charge in [-0.3, -0.25) is 9.59 Å². The number of benzene rings is 2. The smallest absolute Gasteiger partial charge is 0.322 e. The molecule has 0 saturated heterocycles. The van der Waals surface area contributed by atoms with E-state index in [9.17, 15) is 9.59 Å². The average molecular weight is 442 g/mol. The van der Waals surface area contributed by atoms with E-state index in [0.717, 1.165) is 22.0 Å². The van der Waals surface area contributed by atoms with Crippen molar-refractivity contribution < 1.29 is 14.7 Å². The largest absolute Gasteiger partial charge is 0.480 e. The van der Waals surface area contributed by atoms with Crippen molar-refractivity contribution in [2.24, 2.45) is 0 Å². The first-order valence-electron chi connectivity index (χ1n) is 9.12. The Morgan fingerprint density at radius 3 is 2.50 bits per heavy atom. The van der Waals surface area contributed by atoms with Crippen molar-refractivity contribution >= 4 is 39.9 Å². The lowest BCUT2D eigenvalue weighted by atomic mass is 10.1. The monoisotopic (exact) mass is 441 g/mol. The third-order valence-electron chi connectivity index (χ3n) is 4.24. The van der Waals surface area contributed by atoms with Crippen LogP contribution < -0.4 is 10.2 Å². The highest BCUT2D eigenvalue weighted by atomic mass is 35.5. The van der Waals surface area contributed by atoms with Gasteiger partial charge >= 0.3 is 5.97 Å². The molecule has 2 aromatic carbocycles. The standard InChI is InChI=1S/C22H20ClN3O3S/c1-2-11-26(22-25-19(14-30-22)16-7-9-18(23)10-8-16)13-15-3-5-17(6-4-15)21(29)24-12-20(27)28/h2-10,14H,1,11-13H2,(H,24,29)(H,27,28). The highest BCUT2D eigenvalue weighted by Gasteiger charge is 2.13. The lowest BCUT2D eigenvalue weighted by molar-refractivity contribution is -0.135. The highest BCUT2D eigenvalue weighted by molar-refractivity contribution is 7.14. The maximum absolute atomic E-state index is 12.0. The molecule has 1 aromatic heterocycles. The van der Waals surface area contributed by atoms with Crippen molar-refractivity contribution in [2.45, 2.75) is 6.54 Å². The van der Waals surface area contributed by atoms with Crippen molar-refractivity contribution in [3.05, 3.63) is 82.7 Å². The van der Waals surface area contributed by atoms with Crippen LogP contribution in [0, 0.1) is 0 Å². The minimum atomic E-state index is -1.08. The third-order valence-corrected chi connectivity index (χ3v) is 5.40. The number of carbonyl (C=O) groups excluding carboxylic acids is 1. The fourth-order valence-electron chi connectivity index (χ4n) is 2.77. The quantitative estimate of drug-likeness (QED) is 0.479. The van der Waals surface area contributed by atoms with Gasteiger partial charge in [0.2, 0.25) is 0 Å². The zero-order valence-corrected chi connectivity index (χ0v) is 17.6. The predicted octanol–water partition coefficient (Wildman–Crippen LogP) is 4.47. The van der Waals surface area contributed by atoms with Gasteiger partial charge in [0.25, 0.3) is 5.91 Å². The van der Waals surface area contributed by atoms with Gasteiger partial charge in [-0.15, -0.1) is 17.9 Å². The van der Waals surface area contributed by atoms with Gasteiger partial charge in [0.05, 0.1) is 5.69 Å². The molecule has 154 valence electrons. The van der Waals surface area contributed by atoms with Gasteiger partial charge in [0.1, 0.15) is 6.54 Å². The number of nitrogens with one attached hydrogen (secondary N) is 1. The molecule has 0 radical (unpaired) electrons. The number of anilines is 1. The topological polar surface area (TPSA) is 82.5 Å². The summed E-state index contributed by atoms with van der Waals surface area (Å²) in [6.07, 6.45) is 1.82. The first-order valence-corrected chi connectivity index (χ1v) is 10.4. The second kappa shape index (κ2) is 10.0. The van der Waals surface area contributed by atoms with E-state index in [-0.39, 0.29) is 0 Å². The maximum atomic E-state index is 12.0. The van der Waals surface area contributed by atoms with E-state index < -0.39 is 18.4 Å². The number of halogens is 1. The van der Waals surface area contributed by atoms with E-state index >= 15 is 0 Å². The maximum Gasteiger partial charge on any atom is 0.322 e.